The lowest BCUT2D eigenvalue weighted by Crippen LogP contribution is -2.14. The van der Waals surface area contributed by atoms with Crippen molar-refractivity contribution in [3.63, 3.8) is 0 Å². The maximum absolute atomic E-state index is 2.51. The molecule has 0 fully saturated rings. The van der Waals surface area contributed by atoms with Crippen LogP contribution in [0.15, 0.2) is 0 Å². The molecular weight excluding hydrogens is 203 g/mol. The monoisotopic (exact) mass is 238 g/mol. The summed E-state index contributed by atoms with van der Waals surface area (Å²) in [5.74, 6) is 0. The van der Waals surface area contributed by atoms with Crippen LogP contribution < -0.4 is 0 Å². The van der Waals surface area contributed by atoms with Crippen LogP contribution in [0.2, 0.25) is 12.1 Å². The summed E-state index contributed by atoms with van der Waals surface area (Å²) >= 11 is 0. The quantitative estimate of drug-likeness (QED) is 0.290. The number of hydrogen-bond acceptors (Lipinski definition) is 0. The van der Waals surface area contributed by atoms with E-state index in [1.165, 1.54) is 77.9 Å². The zero-order valence-electron chi connectivity index (χ0n) is 13.0. The average Bonchev–Trinajstić information content (AvgIpc) is 2.34. The molecule has 0 aliphatic carbocycles. The number of unbranched alkanes of at least 4 members (excludes halogenated alkanes) is 7. The fourth-order valence-corrected chi connectivity index (χ4v) is 2.61. The van der Waals surface area contributed by atoms with Crippen molar-refractivity contribution in [3.8, 4) is 0 Å². The molecule has 0 aromatic heterocycles. The van der Waals surface area contributed by atoms with Gasteiger partial charge in [0.15, 0.2) is 0 Å². The van der Waals surface area contributed by atoms with Crippen LogP contribution in [0.1, 0.15) is 91.4 Å². The zero-order chi connectivity index (χ0) is 13.0. The lowest BCUT2D eigenvalue weighted by molar-refractivity contribution is 0.449. The second-order valence-electron chi connectivity index (χ2n) is 6.14. The van der Waals surface area contributed by atoms with Crippen molar-refractivity contribution in [2.45, 2.75) is 104 Å². The van der Waals surface area contributed by atoms with E-state index in [2.05, 4.69) is 27.6 Å². The third-order valence-electron chi connectivity index (χ3n) is 4.37. The SMILES string of the molecule is CBC(C)(CCCCCC)CCCCCCC. The maximum atomic E-state index is 2.51. The second-order valence-corrected chi connectivity index (χ2v) is 6.14. The molecule has 0 amide bonds. The lowest BCUT2D eigenvalue weighted by atomic mass is 9.51. The van der Waals surface area contributed by atoms with Gasteiger partial charge in [0.05, 0.1) is 0 Å². The first-order chi connectivity index (χ1) is 8.18. The predicted molar refractivity (Wildman–Crippen MR) is 83.5 cm³/mol. The minimum Gasteiger partial charge on any atom is -0.0889 e. The molecule has 0 saturated heterocycles. The van der Waals surface area contributed by atoms with Crippen LogP contribution in [0, 0.1) is 0 Å². The van der Waals surface area contributed by atoms with E-state index < -0.39 is 0 Å². The molecule has 0 aliphatic heterocycles. The van der Waals surface area contributed by atoms with Crippen molar-refractivity contribution in [2.24, 2.45) is 0 Å². The van der Waals surface area contributed by atoms with Crippen molar-refractivity contribution in [1.82, 2.24) is 0 Å². The maximum Gasteiger partial charge on any atom is 0.124 e. The standard InChI is InChI=1S/C16H35B/c1-5-7-9-11-13-15-16(3,17-4)14-12-10-8-6-2/h17H,5-15H2,1-4H3. The average molecular weight is 238 g/mol. The van der Waals surface area contributed by atoms with E-state index in [0.717, 1.165) is 0 Å². The molecule has 0 bridgehead atoms. The molecule has 0 spiro atoms. The van der Waals surface area contributed by atoms with Gasteiger partial charge in [-0.15, -0.1) is 0 Å². The Bertz CT molecular complexity index is 156. The summed E-state index contributed by atoms with van der Waals surface area (Å²) in [6.07, 6.45) is 15.8. The fraction of sp³-hybridized carbons (Fsp3) is 1.00. The minimum absolute atomic E-state index is 0.639. The molecule has 0 saturated carbocycles. The molecule has 1 heteroatoms. The summed E-state index contributed by atoms with van der Waals surface area (Å²) in [6, 6.07) is 0. The Labute approximate surface area is 111 Å². The van der Waals surface area contributed by atoms with Gasteiger partial charge in [0, 0.05) is 0 Å². The van der Waals surface area contributed by atoms with Gasteiger partial charge in [-0.05, 0) is 0 Å². The normalized spacial score (nSPS) is 14.6. The summed E-state index contributed by atoms with van der Waals surface area (Å²) in [7, 11) is 1.37. The van der Waals surface area contributed by atoms with Crippen molar-refractivity contribution < 1.29 is 0 Å². The lowest BCUT2D eigenvalue weighted by Gasteiger charge is -2.28. The van der Waals surface area contributed by atoms with E-state index in [9.17, 15) is 0 Å². The van der Waals surface area contributed by atoms with Gasteiger partial charge < -0.3 is 0 Å². The summed E-state index contributed by atoms with van der Waals surface area (Å²) in [5.41, 5.74) is 0. The Hall–Kier alpha value is 0.0649. The van der Waals surface area contributed by atoms with Gasteiger partial charge in [0.2, 0.25) is 0 Å². The Morgan fingerprint density at radius 1 is 0.706 bits per heavy atom. The van der Waals surface area contributed by atoms with Crippen molar-refractivity contribution in [2.75, 3.05) is 0 Å². The summed E-state index contributed by atoms with van der Waals surface area (Å²) < 4.78 is 0. The third kappa shape index (κ3) is 9.74. The molecule has 0 aromatic rings. The van der Waals surface area contributed by atoms with Gasteiger partial charge in [-0.25, -0.2) is 0 Å². The Kier molecular flexibility index (Phi) is 11.2. The van der Waals surface area contributed by atoms with E-state index in [-0.39, 0.29) is 0 Å². The van der Waals surface area contributed by atoms with Gasteiger partial charge in [-0.3, -0.25) is 0 Å². The van der Waals surface area contributed by atoms with Crippen LogP contribution in [-0.2, 0) is 0 Å². The first-order valence-electron chi connectivity index (χ1n) is 8.18. The number of rotatable bonds is 12. The molecule has 102 valence electrons. The topological polar surface area (TPSA) is 0 Å². The van der Waals surface area contributed by atoms with E-state index in [1.807, 2.05) is 0 Å². The Morgan fingerprint density at radius 2 is 1.12 bits per heavy atom. The molecule has 0 N–H and O–H groups in total. The largest absolute Gasteiger partial charge is 0.124 e. The first-order valence-corrected chi connectivity index (χ1v) is 8.18. The molecule has 0 aliphatic rings. The smallest absolute Gasteiger partial charge is 0.0889 e. The minimum atomic E-state index is 0.639. The Balaban J connectivity index is 3.61. The van der Waals surface area contributed by atoms with E-state index in [0.29, 0.717) is 5.31 Å². The highest BCUT2D eigenvalue weighted by Gasteiger charge is 2.21. The zero-order valence-corrected chi connectivity index (χ0v) is 13.0. The molecule has 0 aromatic carbocycles. The molecule has 1 unspecified atom stereocenters. The molecule has 0 rings (SSSR count). The first kappa shape index (κ1) is 17.1. The molecule has 1 atom stereocenters. The van der Waals surface area contributed by atoms with Crippen LogP contribution in [-0.4, -0.2) is 7.28 Å². The van der Waals surface area contributed by atoms with E-state index in [1.54, 1.807) is 0 Å². The fourth-order valence-electron chi connectivity index (χ4n) is 2.61. The predicted octanol–water partition coefficient (Wildman–Crippen LogP) is 5.98. The molecule has 0 radical (unpaired) electrons. The Morgan fingerprint density at radius 3 is 1.53 bits per heavy atom. The highest BCUT2D eigenvalue weighted by Crippen LogP contribution is 2.37. The van der Waals surface area contributed by atoms with Crippen LogP contribution >= 0.6 is 0 Å². The van der Waals surface area contributed by atoms with Gasteiger partial charge >= 0.3 is 0 Å². The van der Waals surface area contributed by atoms with Crippen LogP contribution in [0.5, 0.6) is 0 Å². The van der Waals surface area contributed by atoms with E-state index >= 15 is 0 Å². The van der Waals surface area contributed by atoms with Crippen molar-refractivity contribution in [1.29, 1.82) is 0 Å². The van der Waals surface area contributed by atoms with Crippen molar-refractivity contribution >= 4 is 7.28 Å². The highest BCUT2D eigenvalue weighted by molar-refractivity contribution is 6.38. The number of hydrogen-bond donors (Lipinski definition) is 0. The molecule has 17 heavy (non-hydrogen) atoms. The molecule has 0 nitrogen and oxygen atoms in total. The molecular formula is C16H35B. The van der Waals surface area contributed by atoms with Crippen LogP contribution in [0.4, 0.5) is 0 Å². The van der Waals surface area contributed by atoms with Gasteiger partial charge in [-0.2, -0.15) is 0 Å². The summed E-state index contributed by atoms with van der Waals surface area (Å²) in [4.78, 5) is 0. The van der Waals surface area contributed by atoms with Gasteiger partial charge in [0.1, 0.15) is 7.28 Å². The van der Waals surface area contributed by atoms with Crippen LogP contribution in [0.3, 0.4) is 0 Å². The van der Waals surface area contributed by atoms with Crippen molar-refractivity contribution in [3.05, 3.63) is 0 Å². The summed E-state index contributed by atoms with van der Waals surface area (Å²) in [5, 5.41) is 0.639. The molecule has 0 heterocycles. The van der Waals surface area contributed by atoms with Gasteiger partial charge in [-0.1, -0.05) is 104 Å². The van der Waals surface area contributed by atoms with Crippen LogP contribution in [0.25, 0.3) is 0 Å². The summed E-state index contributed by atoms with van der Waals surface area (Å²) in [6.45, 7) is 9.49. The third-order valence-corrected chi connectivity index (χ3v) is 4.37. The highest BCUT2D eigenvalue weighted by atomic mass is 14.2. The second kappa shape index (κ2) is 11.2. The van der Waals surface area contributed by atoms with Gasteiger partial charge in [0.25, 0.3) is 0 Å². The van der Waals surface area contributed by atoms with E-state index in [4.69, 9.17) is 0 Å².